The standard InChI is InChI=1S/C14H20BrF3N2/c1-2-6-19-7-3-8-20-10-11-4-5-12(15)9-13(11)14(16,17)18/h4-5,9,19-20H,2-3,6-8,10H2,1H3. The van der Waals surface area contributed by atoms with Gasteiger partial charge in [0.15, 0.2) is 0 Å². The number of rotatable bonds is 8. The second-order valence-corrected chi connectivity index (χ2v) is 5.50. The summed E-state index contributed by atoms with van der Waals surface area (Å²) in [6.07, 6.45) is -2.33. The maximum atomic E-state index is 12.9. The Morgan fingerprint density at radius 2 is 1.80 bits per heavy atom. The highest BCUT2D eigenvalue weighted by Gasteiger charge is 2.33. The van der Waals surface area contributed by atoms with Crippen molar-refractivity contribution in [3.63, 3.8) is 0 Å². The Balaban J connectivity index is 2.44. The maximum absolute atomic E-state index is 12.9. The van der Waals surface area contributed by atoms with Crippen molar-refractivity contribution in [3.05, 3.63) is 33.8 Å². The van der Waals surface area contributed by atoms with Crippen molar-refractivity contribution >= 4 is 15.9 Å². The van der Waals surface area contributed by atoms with Crippen molar-refractivity contribution in [2.24, 2.45) is 0 Å². The van der Waals surface area contributed by atoms with Gasteiger partial charge in [0.2, 0.25) is 0 Å². The lowest BCUT2D eigenvalue weighted by Gasteiger charge is -2.14. The quantitative estimate of drug-likeness (QED) is 0.692. The van der Waals surface area contributed by atoms with Crippen LogP contribution in [0.5, 0.6) is 0 Å². The molecule has 0 saturated heterocycles. The van der Waals surface area contributed by atoms with Crippen LogP contribution >= 0.6 is 15.9 Å². The predicted molar refractivity (Wildman–Crippen MR) is 78.6 cm³/mol. The first-order valence-electron chi connectivity index (χ1n) is 6.72. The number of benzene rings is 1. The van der Waals surface area contributed by atoms with E-state index < -0.39 is 11.7 Å². The van der Waals surface area contributed by atoms with Crippen molar-refractivity contribution < 1.29 is 13.2 Å². The summed E-state index contributed by atoms with van der Waals surface area (Å²) in [5, 5.41) is 6.31. The first-order chi connectivity index (χ1) is 9.45. The molecule has 0 bridgehead atoms. The molecule has 1 aromatic rings. The number of hydrogen-bond acceptors (Lipinski definition) is 2. The average Bonchev–Trinajstić information content (AvgIpc) is 2.38. The normalized spacial score (nSPS) is 11.8. The van der Waals surface area contributed by atoms with E-state index in [-0.39, 0.29) is 12.1 Å². The van der Waals surface area contributed by atoms with E-state index in [0.29, 0.717) is 11.0 Å². The van der Waals surface area contributed by atoms with Gasteiger partial charge in [0, 0.05) is 11.0 Å². The summed E-state index contributed by atoms with van der Waals surface area (Å²) in [7, 11) is 0. The number of alkyl halides is 3. The second-order valence-electron chi connectivity index (χ2n) is 4.58. The Hall–Kier alpha value is -0.590. The minimum Gasteiger partial charge on any atom is -0.317 e. The first-order valence-corrected chi connectivity index (χ1v) is 7.51. The largest absolute Gasteiger partial charge is 0.416 e. The van der Waals surface area contributed by atoms with Crippen LogP contribution in [0.2, 0.25) is 0 Å². The highest BCUT2D eigenvalue weighted by Crippen LogP contribution is 2.33. The van der Waals surface area contributed by atoms with E-state index in [0.717, 1.165) is 32.0 Å². The lowest BCUT2D eigenvalue weighted by atomic mass is 10.1. The molecule has 2 nitrogen and oxygen atoms in total. The number of nitrogens with one attached hydrogen (secondary N) is 2. The molecule has 0 atom stereocenters. The van der Waals surface area contributed by atoms with Gasteiger partial charge in [0.05, 0.1) is 5.56 Å². The molecule has 0 aromatic heterocycles. The van der Waals surface area contributed by atoms with E-state index in [2.05, 4.69) is 33.5 Å². The molecule has 1 rings (SSSR count). The maximum Gasteiger partial charge on any atom is 0.416 e. The lowest BCUT2D eigenvalue weighted by molar-refractivity contribution is -0.138. The molecular weight excluding hydrogens is 333 g/mol. The van der Waals surface area contributed by atoms with Crippen molar-refractivity contribution in [2.45, 2.75) is 32.5 Å². The second kappa shape index (κ2) is 8.64. The molecule has 0 radical (unpaired) electrons. The average molecular weight is 353 g/mol. The molecule has 0 unspecified atom stereocenters. The van der Waals surface area contributed by atoms with Crippen LogP contribution in [0.25, 0.3) is 0 Å². The van der Waals surface area contributed by atoms with Gasteiger partial charge in [-0.3, -0.25) is 0 Å². The number of hydrogen-bond donors (Lipinski definition) is 2. The monoisotopic (exact) mass is 352 g/mol. The highest BCUT2D eigenvalue weighted by molar-refractivity contribution is 9.10. The van der Waals surface area contributed by atoms with E-state index >= 15 is 0 Å². The van der Waals surface area contributed by atoms with Crippen LogP contribution in [0.1, 0.15) is 30.9 Å². The molecule has 0 fully saturated rings. The fraction of sp³-hybridized carbons (Fsp3) is 0.571. The van der Waals surface area contributed by atoms with Gasteiger partial charge in [-0.1, -0.05) is 28.9 Å². The summed E-state index contributed by atoms with van der Waals surface area (Å²) < 4.78 is 39.1. The van der Waals surface area contributed by atoms with E-state index in [1.165, 1.54) is 6.07 Å². The Bertz CT molecular complexity index is 408. The predicted octanol–water partition coefficient (Wildman–Crippen LogP) is 3.95. The molecule has 0 saturated carbocycles. The van der Waals surface area contributed by atoms with Gasteiger partial charge >= 0.3 is 6.18 Å². The molecule has 0 aliphatic heterocycles. The van der Waals surface area contributed by atoms with Crippen LogP contribution in [0.15, 0.2) is 22.7 Å². The van der Waals surface area contributed by atoms with Gasteiger partial charge < -0.3 is 10.6 Å². The van der Waals surface area contributed by atoms with Crippen molar-refractivity contribution in [2.75, 3.05) is 19.6 Å². The van der Waals surface area contributed by atoms with Crippen LogP contribution < -0.4 is 10.6 Å². The molecule has 0 aliphatic carbocycles. The fourth-order valence-corrected chi connectivity index (χ4v) is 2.19. The molecule has 6 heteroatoms. The van der Waals surface area contributed by atoms with E-state index in [9.17, 15) is 13.2 Å². The van der Waals surface area contributed by atoms with Crippen molar-refractivity contribution in [3.8, 4) is 0 Å². The number of halogens is 4. The SMILES string of the molecule is CCCNCCCNCc1ccc(Br)cc1C(F)(F)F. The molecule has 114 valence electrons. The van der Waals surface area contributed by atoms with Crippen molar-refractivity contribution in [1.82, 2.24) is 10.6 Å². The topological polar surface area (TPSA) is 24.1 Å². The molecule has 0 amide bonds. The third-order valence-electron chi connectivity index (χ3n) is 2.83. The molecule has 20 heavy (non-hydrogen) atoms. The van der Waals surface area contributed by atoms with Gasteiger partial charge in [0.25, 0.3) is 0 Å². The van der Waals surface area contributed by atoms with Gasteiger partial charge in [-0.05, 0) is 50.2 Å². The molecule has 0 aliphatic rings. The van der Waals surface area contributed by atoms with Gasteiger partial charge in [-0.25, -0.2) is 0 Å². The Labute approximate surface area is 126 Å². The highest BCUT2D eigenvalue weighted by atomic mass is 79.9. The van der Waals surface area contributed by atoms with Gasteiger partial charge in [0.1, 0.15) is 0 Å². The fourth-order valence-electron chi connectivity index (χ4n) is 1.83. The van der Waals surface area contributed by atoms with Gasteiger partial charge in [-0.15, -0.1) is 0 Å². The smallest absolute Gasteiger partial charge is 0.317 e. The Morgan fingerprint density at radius 3 is 2.45 bits per heavy atom. The summed E-state index contributed by atoms with van der Waals surface area (Å²) in [5.74, 6) is 0. The van der Waals surface area contributed by atoms with Crippen molar-refractivity contribution in [1.29, 1.82) is 0 Å². The molecule has 0 spiro atoms. The minimum atomic E-state index is -4.32. The zero-order valence-corrected chi connectivity index (χ0v) is 13.1. The summed E-state index contributed by atoms with van der Waals surface area (Å²) >= 11 is 3.08. The summed E-state index contributed by atoms with van der Waals surface area (Å²) in [5.41, 5.74) is -0.300. The Morgan fingerprint density at radius 1 is 1.10 bits per heavy atom. The zero-order chi connectivity index (χ0) is 15.0. The van der Waals surface area contributed by atoms with E-state index in [4.69, 9.17) is 0 Å². The first kappa shape index (κ1) is 17.5. The molecule has 0 heterocycles. The molecule has 1 aromatic carbocycles. The van der Waals surface area contributed by atoms with Crippen LogP contribution in [0, 0.1) is 0 Å². The third-order valence-corrected chi connectivity index (χ3v) is 3.32. The van der Waals surface area contributed by atoms with Crippen LogP contribution in [0.4, 0.5) is 13.2 Å². The zero-order valence-electron chi connectivity index (χ0n) is 11.5. The van der Waals surface area contributed by atoms with Crippen LogP contribution in [-0.4, -0.2) is 19.6 Å². The van der Waals surface area contributed by atoms with E-state index in [1.807, 2.05) is 0 Å². The van der Waals surface area contributed by atoms with E-state index in [1.54, 1.807) is 6.07 Å². The lowest BCUT2D eigenvalue weighted by Crippen LogP contribution is -2.23. The Kier molecular flexibility index (Phi) is 7.55. The molecule has 2 N–H and O–H groups in total. The summed E-state index contributed by atoms with van der Waals surface area (Å²) in [6.45, 7) is 4.88. The minimum absolute atomic E-state index is 0.232. The summed E-state index contributed by atoms with van der Waals surface area (Å²) in [6, 6.07) is 4.27. The molecular formula is C14H20BrF3N2. The summed E-state index contributed by atoms with van der Waals surface area (Å²) in [4.78, 5) is 0. The van der Waals surface area contributed by atoms with Gasteiger partial charge in [-0.2, -0.15) is 13.2 Å². The third kappa shape index (κ3) is 6.24. The van der Waals surface area contributed by atoms with Crippen LogP contribution in [-0.2, 0) is 12.7 Å². The van der Waals surface area contributed by atoms with Crippen LogP contribution in [0.3, 0.4) is 0 Å².